The zero-order valence-corrected chi connectivity index (χ0v) is 18.7. The molecule has 8 heteroatoms. The van der Waals surface area contributed by atoms with Crippen LogP contribution in [-0.4, -0.2) is 50.6 Å². The van der Waals surface area contributed by atoms with E-state index in [1.165, 1.54) is 30.3 Å². The van der Waals surface area contributed by atoms with Crippen LogP contribution in [0.15, 0.2) is 34.2 Å². The summed E-state index contributed by atoms with van der Waals surface area (Å²) in [5, 5.41) is 0.522. The van der Waals surface area contributed by atoms with Gasteiger partial charge in [0.25, 0.3) is 5.56 Å². The molecule has 1 saturated heterocycles. The predicted octanol–water partition coefficient (Wildman–Crippen LogP) is 3.35. The first-order chi connectivity index (χ1) is 15.0. The van der Waals surface area contributed by atoms with Crippen molar-refractivity contribution in [3.8, 4) is 0 Å². The fourth-order valence-electron chi connectivity index (χ4n) is 4.48. The highest BCUT2D eigenvalue weighted by molar-refractivity contribution is 7.99. The van der Waals surface area contributed by atoms with Crippen molar-refractivity contribution >= 4 is 17.7 Å². The number of likely N-dealkylation sites (tertiary alicyclic amines) is 1. The van der Waals surface area contributed by atoms with E-state index in [1.807, 2.05) is 4.90 Å². The van der Waals surface area contributed by atoms with Crippen molar-refractivity contribution in [1.29, 1.82) is 0 Å². The molecular weight excluding hydrogens is 415 g/mol. The Morgan fingerprint density at radius 2 is 2.06 bits per heavy atom. The Morgan fingerprint density at radius 3 is 2.84 bits per heavy atom. The molecule has 1 N–H and O–H groups in total. The molecule has 1 aromatic heterocycles. The molecule has 4 rings (SSSR count). The Morgan fingerprint density at radius 1 is 1.26 bits per heavy atom. The van der Waals surface area contributed by atoms with Gasteiger partial charge in [0.2, 0.25) is 5.91 Å². The van der Waals surface area contributed by atoms with E-state index >= 15 is 0 Å². The molecule has 1 aromatic carbocycles. The van der Waals surface area contributed by atoms with E-state index in [9.17, 15) is 14.0 Å². The number of aromatic amines is 1. The number of nitrogens with zero attached hydrogens (tertiary/aromatic N) is 3. The maximum atomic E-state index is 13.1. The second-order valence-electron chi connectivity index (χ2n) is 8.32. The van der Waals surface area contributed by atoms with Crippen LogP contribution in [0.25, 0.3) is 0 Å². The van der Waals surface area contributed by atoms with Crippen molar-refractivity contribution in [3.05, 3.63) is 57.3 Å². The monoisotopic (exact) mass is 444 g/mol. The van der Waals surface area contributed by atoms with Crippen LogP contribution < -0.4 is 5.56 Å². The molecule has 0 saturated carbocycles. The second-order valence-corrected chi connectivity index (χ2v) is 9.28. The van der Waals surface area contributed by atoms with Gasteiger partial charge in [-0.25, -0.2) is 9.37 Å². The Kier molecular flexibility index (Phi) is 7.07. The van der Waals surface area contributed by atoms with Crippen LogP contribution in [0, 0.1) is 5.82 Å². The first kappa shape index (κ1) is 22.0. The highest BCUT2D eigenvalue weighted by Crippen LogP contribution is 2.23. The van der Waals surface area contributed by atoms with Gasteiger partial charge in [-0.05, 0) is 43.4 Å². The summed E-state index contributed by atoms with van der Waals surface area (Å²) >= 11 is 1.32. The third-order valence-corrected chi connectivity index (χ3v) is 7.05. The molecular formula is C23H29FN4O2S. The van der Waals surface area contributed by atoms with Crippen LogP contribution in [0.2, 0.25) is 0 Å². The summed E-state index contributed by atoms with van der Waals surface area (Å²) in [6.07, 6.45) is 5.00. The molecule has 31 heavy (non-hydrogen) atoms. The number of piperidine rings is 1. The maximum Gasteiger partial charge on any atom is 0.256 e. The summed E-state index contributed by atoms with van der Waals surface area (Å²) in [5.41, 5.74) is 2.39. The highest BCUT2D eigenvalue weighted by atomic mass is 32.2. The molecule has 1 fully saturated rings. The maximum absolute atomic E-state index is 13.1. The van der Waals surface area contributed by atoms with Gasteiger partial charge in [0.1, 0.15) is 5.82 Å². The molecule has 6 nitrogen and oxygen atoms in total. The van der Waals surface area contributed by atoms with E-state index in [1.54, 1.807) is 12.1 Å². The summed E-state index contributed by atoms with van der Waals surface area (Å²) in [7, 11) is 0. The number of fused-ring (bicyclic) bond motifs is 1. The zero-order valence-electron chi connectivity index (χ0n) is 17.9. The molecule has 0 spiro atoms. The van der Waals surface area contributed by atoms with Crippen molar-refractivity contribution in [3.63, 3.8) is 0 Å². The Balaban J connectivity index is 1.38. The molecule has 166 valence electrons. The average Bonchev–Trinajstić information content (AvgIpc) is 2.79. The van der Waals surface area contributed by atoms with Gasteiger partial charge in [-0.3, -0.25) is 14.5 Å². The SMILES string of the molecule is CC[C@H]1CCCCN1C(=O)CSc1nc2c(c(=O)[nH]1)CN(Cc1ccc(F)cc1)CC2. The van der Waals surface area contributed by atoms with E-state index in [0.717, 1.165) is 43.6 Å². The third kappa shape index (κ3) is 5.36. The van der Waals surface area contributed by atoms with Crippen LogP contribution in [0.5, 0.6) is 0 Å². The van der Waals surface area contributed by atoms with Gasteiger partial charge in [0.15, 0.2) is 5.16 Å². The minimum Gasteiger partial charge on any atom is -0.339 e. The Bertz CT molecular complexity index is 979. The van der Waals surface area contributed by atoms with Crippen LogP contribution in [0.3, 0.4) is 0 Å². The fraction of sp³-hybridized carbons (Fsp3) is 0.522. The van der Waals surface area contributed by atoms with Gasteiger partial charge in [-0.1, -0.05) is 30.8 Å². The van der Waals surface area contributed by atoms with Gasteiger partial charge in [-0.2, -0.15) is 0 Å². The third-order valence-electron chi connectivity index (χ3n) is 6.20. The van der Waals surface area contributed by atoms with Crippen molar-refractivity contribution in [2.45, 2.75) is 63.3 Å². The topological polar surface area (TPSA) is 69.3 Å². The standard InChI is InChI=1S/C23H29FN4O2S/c1-2-18-5-3-4-11-28(18)21(29)15-31-23-25-20-10-12-27(14-19(20)22(30)26-23)13-16-6-8-17(24)9-7-16/h6-9,18H,2-5,10-15H2,1H3,(H,25,26,30)/t18-/m0/s1. The summed E-state index contributed by atoms with van der Waals surface area (Å²) in [6.45, 7) is 4.93. The van der Waals surface area contributed by atoms with E-state index in [4.69, 9.17) is 0 Å². The number of hydrogen-bond acceptors (Lipinski definition) is 5. The number of H-pyrrole nitrogens is 1. The van der Waals surface area contributed by atoms with E-state index in [2.05, 4.69) is 21.8 Å². The number of aromatic nitrogens is 2. The number of carbonyl (C=O) groups excluding carboxylic acids is 1. The first-order valence-corrected chi connectivity index (χ1v) is 12.0. The smallest absolute Gasteiger partial charge is 0.256 e. The number of benzene rings is 1. The second kappa shape index (κ2) is 9.96. The lowest BCUT2D eigenvalue weighted by atomic mass is 10.0. The number of hydrogen-bond donors (Lipinski definition) is 1. The van der Waals surface area contributed by atoms with Crippen molar-refractivity contribution < 1.29 is 9.18 Å². The van der Waals surface area contributed by atoms with Gasteiger partial charge in [-0.15, -0.1) is 0 Å². The summed E-state index contributed by atoms with van der Waals surface area (Å²) in [5.74, 6) is 0.180. The quantitative estimate of drug-likeness (QED) is 0.547. The molecule has 2 aromatic rings. The first-order valence-electron chi connectivity index (χ1n) is 11.0. The lowest BCUT2D eigenvalue weighted by molar-refractivity contribution is -0.132. The van der Waals surface area contributed by atoms with Crippen molar-refractivity contribution in [1.82, 2.24) is 19.8 Å². The number of nitrogens with one attached hydrogen (secondary N) is 1. The van der Waals surface area contributed by atoms with Gasteiger partial charge in [0, 0.05) is 38.6 Å². The van der Waals surface area contributed by atoms with Crippen LogP contribution >= 0.6 is 11.8 Å². The molecule has 2 aliphatic rings. The van der Waals surface area contributed by atoms with E-state index in [0.29, 0.717) is 42.0 Å². The molecule has 3 heterocycles. The Hall–Kier alpha value is -2.19. The van der Waals surface area contributed by atoms with Gasteiger partial charge < -0.3 is 9.88 Å². The zero-order chi connectivity index (χ0) is 21.8. The highest BCUT2D eigenvalue weighted by Gasteiger charge is 2.26. The van der Waals surface area contributed by atoms with E-state index in [-0.39, 0.29) is 17.3 Å². The van der Waals surface area contributed by atoms with E-state index < -0.39 is 0 Å². The lowest BCUT2D eigenvalue weighted by Crippen LogP contribution is -2.44. The summed E-state index contributed by atoms with van der Waals surface area (Å²) < 4.78 is 13.1. The molecule has 0 unspecified atom stereocenters. The van der Waals surface area contributed by atoms with Crippen LogP contribution in [0.4, 0.5) is 4.39 Å². The summed E-state index contributed by atoms with van der Waals surface area (Å²) in [4.78, 5) is 37.1. The largest absolute Gasteiger partial charge is 0.339 e. The van der Waals surface area contributed by atoms with Crippen LogP contribution in [-0.2, 0) is 24.3 Å². The number of rotatable bonds is 6. The Labute approximate surface area is 186 Å². The number of carbonyl (C=O) groups is 1. The number of amides is 1. The van der Waals surface area contributed by atoms with Gasteiger partial charge in [0.05, 0.1) is 17.0 Å². The molecule has 0 radical (unpaired) electrons. The minimum absolute atomic E-state index is 0.127. The normalized spacial score (nSPS) is 19.3. The van der Waals surface area contributed by atoms with Crippen molar-refractivity contribution in [2.75, 3.05) is 18.8 Å². The lowest BCUT2D eigenvalue weighted by Gasteiger charge is -2.35. The molecule has 1 amide bonds. The molecule has 0 aliphatic carbocycles. The number of thioether (sulfide) groups is 1. The molecule has 1 atom stereocenters. The fourth-order valence-corrected chi connectivity index (χ4v) is 5.24. The summed E-state index contributed by atoms with van der Waals surface area (Å²) in [6, 6.07) is 6.80. The molecule has 0 bridgehead atoms. The van der Waals surface area contributed by atoms with Gasteiger partial charge >= 0.3 is 0 Å². The van der Waals surface area contributed by atoms with Crippen molar-refractivity contribution in [2.24, 2.45) is 0 Å². The molecule has 2 aliphatic heterocycles. The average molecular weight is 445 g/mol. The minimum atomic E-state index is -0.248. The predicted molar refractivity (Wildman–Crippen MR) is 119 cm³/mol. The van der Waals surface area contributed by atoms with Crippen LogP contribution in [0.1, 0.15) is 49.4 Å². The number of halogens is 1.